The Labute approximate surface area is 189 Å². The maximum atomic E-state index is 10.6. The number of pyridine rings is 2. The third-order valence-corrected chi connectivity index (χ3v) is 3.51. The van der Waals surface area contributed by atoms with Crippen LogP contribution in [-0.2, 0) is 6.42 Å². The van der Waals surface area contributed by atoms with E-state index in [1.807, 2.05) is 24.5 Å². The van der Waals surface area contributed by atoms with Crippen LogP contribution in [0.2, 0.25) is 0 Å². The second-order valence-corrected chi connectivity index (χ2v) is 4.88. The van der Waals surface area contributed by atoms with Crippen molar-refractivity contribution in [1.29, 1.82) is 0 Å². The molecule has 0 atom stereocenters. The number of aromatic nitrogens is 4. The number of aryl methyl sites for hydroxylation is 1. The van der Waals surface area contributed by atoms with Crippen molar-refractivity contribution in [3.8, 4) is 0 Å². The average Bonchev–Trinajstić information content (AvgIpc) is 3.23. The van der Waals surface area contributed by atoms with E-state index in [-0.39, 0.29) is 65.3 Å². The topological polar surface area (TPSA) is 74.7 Å². The Hall–Kier alpha value is -1.34. The van der Waals surface area contributed by atoms with Gasteiger partial charge in [-0.25, -0.2) is 9.97 Å². The van der Waals surface area contributed by atoms with Crippen LogP contribution in [0.4, 0.5) is 0 Å². The molecule has 0 spiro atoms. The molecule has 6 nitrogen and oxygen atoms in total. The predicted molar refractivity (Wildman–Crippen MR) is 86.2 cm³/mol. The fourth-order valence-electron chi connectivity index (χ4n) is 2.41. The van der Waals surface area contributed by atoms with Crippen LogP contribution < -0.4 is 63.3 Å². The minimum Gasteiger partial charge on any atom is -0.543 e. The zero-order valence-electron chi connectivity index (χ0n) is 13.6. The minimum atomic E-state index is -1.20. The van der Waals surface area contributed by atoms with Crippen molar-refractivity contribution in [2.75, 3.05) is 0 Å². The van der Waals surface area contributed by atoms with Gasteiger partial charge < -0.3 is 14.3 Å². The van der Waals surface area contributed by atoms with E-state index in [0.717, 1.165) is 12.1 Å². The smallest absolute Gasteiger partial charge is 0.543 e. The van der Waals surface area contributed by atoms with Gasteiger partial charge in [-0.1, -0.05) is 19.1 Å². The Morgan fingerprint density at radius 3 is 2.25 bits per heavy atom. The molecule has 0 saturated heterocycles. The maximum Gasteiger partial charge on any atom is 1.00 e. The molecule has 0 unspecified atom stereocenters. The molecule has 4 rings (SSSR count). The predicted octanol–water partition coefficient (Wildman–Crippen LogP) is -1.16. The first kappa shape index (κ1) is 19.0. The van der Waals surface area contributed by atoms with E-state index in [4.69, 9.17) is 0 Å². The molecular formula is C17H17N4O2Rb. The van der Waals surface area contributed by atoms with Crippen LogP contribution in [0.3, 0.4) is 0 Å². The quantitative estimate of drug-likeness (QED) is 0.428. The molecule has 4 heterocycles. The van der Waals surface area contributed by atoms with E-state index in [2.05, 4.69) is 27.4 Å². The third kappa shape index (κ3) is 4.00. The molecule has 4 aromatic rings. The van der Waals surface area contributed by atoms with Crippen molar-refractivity contribution < 1.29 is 69.5 Å². The Morgan fingerprint density at radius 1 is 1.04 bits per heavy atom. The molecule has 0 bridgehead atoms. The van der Waals surface area contributed by atoms with Gasteiger partial charge in [0.1, 0.15) is 11.3 Å². The first-order valence-electron chi connectivity index (χ1n) is 7.25. The van der Waals surface area contributed by atoms with E-state index < -0.39 is 5.97 Å². The third-order valence-electron chi connectivity index (χ3n) is 3.51. The van der Waals surface area contributed by atoms with Gasteiger partial charge in [0.2, 0.25) is 0 Å². The van der Waals surface area contributed by atoms with Crippen molar-refractivity contribution in [1.82, 2.24) is 18.8 Å². The number of carbonyl (C=O) groups excluding carboxylic acids is 1. The zero-order chi connectivity index (χ0) is 16.2. The molecular weight excluding hydrogens is 378 g/mol. The molecule has 0 radical (unpaired) electrons. The summed E-state index contributed by atoms with van der Waals surface area (Å²) < 4.78 is 3.58. The number of aromatic carboxylic acids is 1. The number of fused-ring (bicyclic) bond motifs is 2. The van der Waals surface area contributed by atoms with Crippen molar-refractivity contribution in [3.63, 3.8) is 0 Å². The molecule has 7 heteroatoms. The maximum absolute atomic E-state index is 10.6. The standard InChI is InChI=1S/C9H10N2.C8H6N2O2.Rb.H2/c1-2-8-4-3-5-9-10-6-7-11(8)9;11-8(12)6-2-1-3-7-9-4-5-10(6)7;;/h3-7H,2H2,1H3;1-5H,(H,11,12);;1H/q;;+1;/p-1/i;;;1+2. The summed E-state index contributed by atoms with van der Waals surface area (Å²) >= 11 is 0. The van der Waals surface area contributed by atoms with E-state index in [1.54, 1.807) is 24.5 Å². The fourth-order valence-corrected chi connectivity index (χ4v) is 2.41. The van der Waals surface area contributed by atoms with Crippen molar-refractivity contribution in [2.24, 2.45) is 0 Å². The number of imidazole rings is 2. The molecule has 0 aliphatic rings. The molecule has 0 aliphatic heterocycles. The van der Waals surface area contributed by atoms with E-state index in [1.165, 1.54) is 16.2 Å². The number of carbonyl (C=O) groups is 1. The van der Waals surface area contributed by atoms with Crippen LogP contribution in [0, 0.1) is 0 Å². The normalized spacial score (nSPS) is 10.0. The molecule has 0 aromatic carbocycles. The largest absolute Gasteiger partial charge is 1.00 e. The first-order chi connectivity index (χ1) is 11.2. The van der Waals surface area contributed by atoms with Crippen LogP contribution in [0.25, 0.3) is 11.3 Å². The van der Waals surface area contributed by atoms with Crippen LogP contribution >= 0.6 is 0 Å². The summed E-state index contributed by atoms with van der Waals surface area (Å²) in [6.07, 6.45) is 8.00. The van der Waals surface area contributed by atoms with Crippen LogP contribution in [0.15, 0.2) is 61.2 Å². The number of hydrogen-bond donors (Lipinski definition) is 0. The summed E-state index contributed by atoms with van der Waals surface area (Å²) in [5.74, 6) is -1.20. The van der Waals surface area contributed by atoms with Crippen molar-refractivity contribution in [3.05, 3.63) is 72.6 Å². The molecule has 24 heavy (non-hydrogen) atoms. The number of rotatable bonds is 2. The first-order valence-corrected chi connectivity index (χ1v) is 7.25. The number of hydrogen-bond acceptors (Lipinski definition) is 4. The second kappa shape index (κ2) is 8.66. The molecule has 0 fully saturated rings. The summed E-state index contributed by atoms with van der Waals surface area (Å²) in [7, 11) is 0. The van der Waals surface area contributed by atoms with Gasteiger partial charge in [-0.3, -0.25) is 4.40 Å². The molecule has 0 saturated carbocycles. The molecule has 4 aromatic heterocycles. The van der Waals surface area contributed by atoms with E-state index in [9.17, 15) is 9.90 Å². The Bertz CT molecular complexity index is 967. The number of carboxylic acids is 1. The summed E-state index contributed by atoms with van der Waals surface area (Å²) in [4.78, 5) is 18.7. The van der Waals surface area contributed by atoms with E-state index >= 15 is 0 Å². The van der Waals surface area contributed by atoms with Crippen LogP contribution in [0.1, 0.15) is 24.5 Å². The van der Waals surface area contributed by atoms with Gasteiger partial charge in [0.25, 0.3) is 0 Å². The monoisotopic (exact) mass is 396 g/mol. The van der Waals surface area contributed by atoms with Crippen molar-refractivity contribution >= 4 is 17.3 Å². The zero-order valence-corrected chi connectivity index (χ0v) is 18.5. The molecule has 118 valence electrons. The number of carboxylic acid groups (broad SMARTS) is 1. The van der Waals surface area contributed by atoms with E-state index in [0.29, 0.717) is 5.65 Å². The summed E-state index contributed by atoms with van der Waals surface area (Å²) in [5, 5.41) is 10.6. The summed E-state index contributed by atoms with van der Waals surface area (Å²) in [6.45, 7) is 2.15. The second-order valence-electron chi connectivity index (χ2n) is 4.88. The van der Waals surface area contributed by atoms with Gasteiger partial charge in [-0.2, -0.15) is 0 Å². The number of nitrogens with zero attached hydrogens (tertiary/aromatic N) is 4. The van der Waals surface area contributed by atoms with Crippen LogP contribution in [-0.4, -0.2) is 24.7 Å². The fraction of sp³-hybridized carbons (Fsp3) is 0.118. The average molecular weight is 397 g/mol. The van der Waals surface area contributed by atoms with Gasteiger partial charge in [0.15, 0.2) is 0 Å². The SMILES string of the molecule is CCc1cccc2nccn12.O=C([O-])c1cccc2nccn12.[3HH].[Rb+]. The van der Waals surface area contributed by atoms with Gasteiger partial charge in [-0.05, 0) is 30.7 Å². The summed E-state index contributed by atoms with van der Waals surface area (Å²) in [5.41, 5.74) is 3.06. The van der Waals surface area contributed by atoms with Gasteiger partial charge in [-0.15, -0.1) is 0 Å². The van der Waals surface area contributed by atoms with Gasteiger partial charge >= 0.3 is 58.2 Å². The van der Waals surface area contributed by atoms with Gasteiger partial charge in [0, 0.05) is 31.9 Å². The Kier molecular flexibility index (Phi) is 6.85. The minimum absolute atomic E-state index is 0. The molecule has 0 N–H and O–H groups in total. The summed E-state index contributed by atoms with van der Waals surface area (Å²) in [6, 6.07) is 11.0. The molecule has 0 aliphatic carbocycles. The van der Waals surface area contributed by atoms with Crippen molar-refractivity contribution in [2.45, 2.75) is 13.3 Å². The Morgan fingerprint density at radius 2 is 1.62 bits per heavy atom. The molecule has 0 amide bonds. The Balaban J connectivity index is 0.000000232. The van der Waals surface area contributed by atoms with Crippen LogP contribution in [0.5, 0.6) is 0 Å². The van der Waals surface area contributed by atoms with Gasteiger partial charge in [0.05, 0.1) is 11.7 Å².